The molecule has 0 saturated carbocycles. The van der Waals surface area contributed by atoms with Crippen LogP contribution >= 0.6 is 0 Å². The number of anilines is 2. The zero-order valence-corrected chi connectivity index (χ0v) is 32.1. The highest BCUT2D eigenvalue weighted by Crippen LogP contribution is 2.54. The first-order valence-corrected chi connectivity index (χ1v) is 20.0. The lowest BCUT2D eigenvalue weighted by atomic mass is 9.80. The summed E-state index contributed by atoms with van der Waals surface area (Å²) in [6.45, 7) is 4.68. The number of allylic oxidation sites excluding steroid dienone is 8. The third-order valence-electron chi connectivity index (χ3n) is 12.3. The summed E-state index contributed by atoms with van der Waals surface area (Å²) >= 11 is 0. The normalized spacial score (nSPS) is 15.4. The molecule has 0 bridgehead atoms. The molecule has 8 aromatic rings. The molecule has 0 atom stereocenters. The Kier molecular flexibility index (Phi) is 7.60. The number of aromatic nitrogens is 1. The molecule has 11 rings (SSSR count). The SMILES string of the molecule is CC1(C)C2=C(C(c3ccccc3N(C3=C(n4c5ccccc5c5ccccc54)C=CCC3)c3ccccc3-c3ccc4ccccc4c3)=C=C=C2)c2ccccc21. The van der Waals surface area contributed by atoms with Crippen LogP contribution in [0.15, 0.2) is 205 Å². The van der Waals surface area contributed by atoms with Gasteiger partial charge in [-0.25, -0.2) is 0 Å². The smallest absolute Gasteiger partial charge is 0.0657 e. The minimum atomic E-state index is -0.149. The van der Waals surface area contributed by atoms with Crippen LogP contribution in [0.5, 0.6) is 0 Å². The molecule has 1 heterocycles. The van der Waals surface area contributed by atoms with Crippen molar-refractivity contribution < 1.29 is 0 Å². The van der Waals surface area contributed by atoms with Crippen molar-refractivity contribution in [2.24, 2.45) is 0 Å². The maximum absolute atomic E-state index is 3.68. The number of nitrogens with zero attached hydrogens (tertiary/aromatic N) is 2. The third kappa shape index (κ3) is 5.13. The second kappa shape index (κ2) is 13.0. The summed E-state index contributed by atoms with van der Waals surface area (Å²) in [6.07, 6.45) is 8.65. The fourth-order valence-corrected chi connectivity index (χ4v) is 9.64. The van der Waals surface area contributed by atoms with Crippen molar-refractivity contribution >= 4 is 60.8 Å². The Morgan fingerprint density at radius 2 is 1.21 bits per heavy atom. The molecular formula is C55H40N2. The van der Waals surface area contributed by atoms with Crippen LogP contribution in [0.3, 0.4) is 0 Å². The first-order chi connectivity index (χ1) is 28.1. The largest absolute Gasteiger partial charge is 0.311 e. The summed E-state index contributed by atoms with van der Waals surface area (Å²) < 4.78 is 2.49. The van der Waals surface area contributed by atoms with Gasteiger partial charge in [-0.05, 0) is 88.4 Å². The van der Waals surface area contributed by atoms with Gasteiger partial charge in [0.25, 0.3) is 0 Å². The lowest BCUT2D eigenvalue weighted by Crippen LogP contribution is -2.22. The molecule has 57 heavy (non-hydrogen) atoms. The zero-order valence-electron chi connectivity index (χ0n) is 32.1. The van der Waals surface area contributed by atoms with E-state index in [0.717, 1.165) is 35.4 Å². The van der Waals surface area contributed by atoms with Crippen molar-refractivity contribution in [3.05, 3.63) is 221 Å². The van der Waals surface area contributed by atoms with E-state index >= 15 is 0 Å². The van der Waals surface area contributed by atoms with E-state index in [4.69, 9.17) is 0 Å². The fourth-order valence-electron chi connectivity index (χ4n) is 9.64. The Morgan fingerprint density at radius 1 is 0.596 bits per heavy atom. The summed E-state index contributed by atoms with van der Waals surface area (Å²) in [5.74, 6) is 0. The number of hydrogen-bond donors (Lipinski definition) is 0. The number of benzene rings is 7. The maximum Gasteiger partial charge on any atom is 0.0657 e. The molecule has 0 aliphatic heterocycles. The average Bonchev–Trinajstić information content (AvgIpc) is 3.73. The van der Waals surface area contributed by atoms with Gasteiger partial charge in [0.1, 0.15) is 0 Å². The molecule has 1 aromatic heterocycles. The molecular weight excluding hydrogens is 689 g/mol. The summed E-state index contributed by atoms with van der Waals surface area (Å²) in [7, 11) is 0. The van der Waals surface area contributed by atoms with Gasteiger partial charge < -0.3 is 9.47 Å². The lowest BCUT2D eigenvalue weighted by Gasteiger charge is -2.35. The number of para-hydroxylation sites is 4. The highest BCUT2D eigenvalue weighted by molar-refractivity contribution is 6.14. The first kappa shape index (κ1) is 33.3. The predicted octanol–water partition coefficient (Wildman–Crippen LogP) is 14.4. The Labute approximate surface area is 333 Å². The zero-order chi connectivity index (χ0) is 38.1. The van der Waals surface area contributed by atoms with Gasteiger partial charge in [-0.2, -0.15) is 0 Å². The first-order valence-electron chi connectivity index (χ1n) is 20.0. The second-order valence-corrected chi connectivity index (χ2v) is 15.8. The minimum absolute atomic E-state index is 0.149. The van der Waals surface area contributed by atoms with Crippen LogP contribution < -0.4 is 4.90 Å². The van der Waals surface area contributed by atoms with Gasteiger partial charge in [0.05, 0.1) is 28.1 Å². The quantitative estimate of drug-likeness (QED) is 0.155. The van der Waals surface area contributed by atoms with Crippen LogP contribution in [0.25, 0.3) is 60.5 Å². The molecule has 0 saturated heterocycles. The Bertz CT molecular complexity index is 3130. The minimum Gasteiger partial charge on any atom is -0.311 e. The van der Waals surface area contributed by atoms with Crippen molar-refractivity contribution in [3.63, 3.8) is 0 Å². The van der Waals surface area contributed by atoms with E-state index in [-0.39, 0.29) is 5.41 Å². The Hall–Kier alpha value is -7.08. The Morgan fingerprint density at radius 3 is 1.98 bits per heavy atom. The van der Waals surface area contributed by atoms with E-state index in [1.165, 1.54) is 77.4 Å². The molecule has 2 nitrogen and oxygen atoms in total. The van der Waals surface area contributed by atoms with Crippen molar-refractivity contribution in [2.75, 3.05) is 4.90 Å². The van der Waals surface area contributed by atoms with E-state index in [2.05, 4.69) is 217 Å². The standard InChI is InChI=1S/C55H40N2/c1-55(2)46-26-10-5-24-45(46)54-44(25-17-27-47(54)55)43-23-9-14-31-51(43)56(48-28-11-6-20-40(48)39-35-34-37-18-3-4-19-38(37)36-39)52-32-15-16-33-53(52)57-49-29-12-7-21-41(49)42-22-8-13-30-50(42)57/h3-14,16,18-24,26-31,33-36H,15,32H2,1-2H3. The molecule has 0 N–H and O–H groups in total. The van der Waals surface area contributed by atoms with E-state index in [0.29, 0.717) is 0 Å². The molecule has 0 fully saturated rings. The topological polar surface area (TPSA) is 8.17 Å². The fraction of sp³-hybridized carbons (Fsp3) is 0.0909. The molecule has 0 unspecified atom stereocenters. The van der Waals surface area contributed by atoms with E-state index in [1.54, 1.807) is 0 Å². The molecule has 270 valence electrons. The van der Waals surface area contributed by atoms with Gasteiger partial charge in [-0.1, -0.05) is 165 Å². The summed E-state index contributed by atoms with van der Waals surface area (Å²) in [6, 6.07) is 60.0. The van der Waals surface area contributed by atoms with Crippen molar-refractivity contribution in [2.45, 2.75) is 32.1 Å². The highest BCUT2D eigenvalue weighted by Gasteiger charge is 2.39. The molecule has 3 aliphatic rings. The van der Waals surface area contributed by atoms with Crippen LogP contribution in [0.2, 0.25) is 0 Å². The van der Waals surface area contributed by atoms with Gasteiger partial charge in [0, 0.05) is 44.2 Å². The van der Waals surface area contributed by atoms with Crippen LogP contribution in [0.1, 0.15) is 43.4 Å². The summed E-state index contributed by atoms with van der Waals surface area (Å²) in [5.41, 5.74) is 23.9. The van der Waals surface area contributed by atoms with E-state index < -0.39 is 0 Å². The number of hydrogen-bond acceptors (Lipinski definition) is 1. The average molecular weight is 729 g/mol. The van der Waals surface area contributed by atoms with Crippen LogP contribution in [0, 0.1) is 0 Å². The van der Waals surface area contributed by atoms with Crippen LogP contribution in [0.4, 0.5) is 11.4 Å². The number of fused-ring (bicyclic) bond motifs is 6. The second-order valence-electron chi connectivity index (χ2n) is 15.8. The summed E-state index contributed by atoms with van der Waals surface area (Å²) in [4.78, 5) is 2.57. The van der Waals surface area contributed by atoms with Crippen molar-refractivity contribution in [1.29, 1.82) is 0 Å². The molecule has 2 heteroatoms. The van der Waals surface area contributed by atoms with E-state index in [9.17, 15) is 0 Å². The number of rotatable bonds is 6. The van der Waals surface area contributed by atoms with Crippen LogP contribution in [-0.2, 0) is 5.41 Å². The molecule has 0 spiro atoms. The lowest BCUT2D eigenvalue weighted by molar-refractivity contribution is 0.654. The van der Waals surface area contributed by atoms with Crippen molar-refractivity contribution in [3.8, 4) is 11.1 Å². The van der Waals surface area contributed by atoms with Gasteiger partial charge >= 0.3 is 0 Å². The predicted molar refractivity (Wildman–Crippen MR) is 240 cm³/mol. The molecule has 7 aromatic carbocycles. The van der Waals surface area contributed by atoms with Crippen LogP contribution in [-0.4, -0.2) is 4.57 Å². The summed E-state index contributed by atoms with van der Waals surface area (Å²) in [5, 5.41) is 4.99. The maximum atomic E-state index is 3.68. The Balaban J connectivity index is 1.22. The molecule has 0 amide bonds. The molecule has 0 radical (unpaired) electrons. The van der Waals surface area contributed by atoms with E-state index in [1.807, 2.05) is 0 Å². The van der Waals surface area contributed by atoms with Gasteiger partial charge in [-0.15, -0.1) is 0 Å². The molecule has 3 aliphatic carbocycles. The third-order valence-corrected chi connectivity index (χ3v) is 12.3. The van der Waals surface area contributed by atoms with Gasteiger partial charge in [0.2, 0.25) is 0 Å². The van der Waals surface area contributed by atoms with Crippen molar-refractivity contribution in [1.82, 2.24) is 4.57 Å². The van der Waals surface area contributed by atoms with Gasteiger partial charge in [-0.3, -0.25) is 0 Å². The monoisotopic (exact) mass is 728 g/mol. The van der Waals surface area contributed by atoms with Gasteiger partial charge in [0.15, 0.2) is 0 Å². The highest BCUT2D eigenvalue weighted by atomic mass is 15.2.